The van der Waals surface area contributed by atoms with E-state index in [1.807, 2.05) is 0 Å². The van der Waals surface area contributed by atoms with Crippen LogP contribution in [-0.2, 0) is 95.4 Å². The molecule has 1 aliphatic rings. The summed E-state index contributed by atoms with van der Waals surface area (Å²) in [6, 6.07) is -8.25. The Morgan fingerprint density at radius 2 is 0.910 bits per heavy atom. The van der Waals surface area contributed by atoms with E-state index >= 15 is 0 Å². The minimum Gasteiger partial charge on any atom is -0.508 e. The Labute approximate surface area is 519 Å². The molecule has 0 aromatic carbocycles. The third kappa shape index (κ3) is 35.4. The molecule has 510 valence electrons. The zero-order chi connectivity index (χ0) is 68.0. The molecule has 10 atom stereocenters. The van der Waals surface area contributed by atoms with Crippen LogP contribution in [0.5, 0.6) is 0 Å². The van der Waals surface area contributed by atoms with Crippen LogP contribution in [0.2, 0.25) is 0 Å². The predicted octanol–water partition coefficient (Wildman–Crippen LogP) is -3.35. The molecule has 0 radical (unpaired) electrons. The zero-order valence-electron chi connectivity index (χ0n) is 54.1. The lowest BCUT2D eigenvalue weighted by atomic mass is 9.94. The van der Waals surface area contributed by atoms with Crippen LogP contribution in [0.3, 0.4) is 0 Å². The van der Waals surface area contributed by atoms with Crippen molar-refractivity contribution >= 4 is 65.2 Å². The molecule has 1 saturated heterocycles. The number of aliphatic hydroxyl groups is 3. The Hall–Kier alpha value is -6.55. The number of nitrogens with zero attached hydrogens (tertiary/aromatic N) is 1. The first kappa shape index (κ1) is 80.5. The lowest BCUT2D eigenvalue weighted by molar-refractivity contribution is -0.467. The van der Waals surface area contributed by atoms with Crippen molar-refractivity contribution in [2.45, 2.75) is 219 Å². The molecule has 1 fully saturated rings. The number of hydrogen-bond acceptors (Lipinski definition) is 23. The number of ether oxygens (including phenoxy) is 9. The van der Waals surface area contributed by atoms with Crippen LogP contribution in [-0.4, -0.2) is 236 Å². The Kier molecular flexibility index (Phi) is 35.1. The Morgan fingerprint density at radius 3 is 1.39 bits per heavy atom. The van der Waals surface area contributed by atoms with Crippen molar-refractivity contribution in [2.24, 2.45) is 5.92 Å². The van der Waals surface area contributed by atoms with Gasteiger partial charge in [-0.25, -0.2) is 0 Å². The van der Waals surface area contributed by atoms with Gasteiger partial charge in [0.1, 0.15) is 77.0 Å². The molecule has 1 rings (SSSR count). The maximum atomic E-state index is 14.4. The molecule has 32 nitrogen and oxygen atoms in total. The fourth-order valence-corrected chi connectivity index (χ4v) is 7.79. The number of esters is 4. The number of nitrogens with one attached hydrogen (secondary N) is 8. The molecule has 32 heteroatoms. The second-order valence-electron chi connectivity index (χ2n) is 25.1. The van der Waals surface area contributed by atoms with E-state index in [0.29, 0.717) is 6.61 Å². The largest absolute Gasteiger partial charge is 0.508 e. The van der Waals surface area contributed by atoms with Crippen molar-refractivity contribution in [3.63, 3.8) is 0 Å². The van der Waals surface area contributed by atoms with E-state index in [0.717, 1.165) is 0 Å². The zero-order valence-corrected chi connectivity index (χ0v) is 54.1. The summed E-state index contributed by atoms with van der Waals surface area (Å²) in [4.78, 5) is 147. The minimum absolute atomic E-state index is 0.0219. The lowest BCUT2D eigenvalue weighted by Crippen LogP contribution is -2.68. The third-order valence-corrected chi connectivity index (χ3v) is 11.8. The van der Waals surface area contributed by atoms with Gasteiger partial charge >= 0.3 is 23.9 Å². The van der Waals surface area contributed by atoms with Crippen molar-refractivity contribution in [2.75, 3.05) is 72.5 Å². The molecular weight excluding hydrogens is 1180 g/mol. The van der Waals surface area contributed by atoms with Crippen molar-refractivity contribution in [1.29, 1.82) is 0 Å². The van der Waals surface area contributed by atoms with E-state index < -0.39 is 187 Å². The molecule has 0 aromatic rings. The SMILES string of the molecule is CC(C)[C@H](NC(=O)[C@H](CCC(=O)OC(C)(C)C)NC(=O)[C@H](CC(=O)OC(C)(C)C)NC(=O)C1OC(CNC(=O)C[NH+]=[N-])C(O)C(O)C1O)C(=O)N[C@@H](CC(=O)OC(C)(C)C)C(=O)N[C@@H](C)C(=O)NCCOCCOCCOCCOCCC(=O)OC(C)(C)C. The Balaban J connectivity index is 3.27. The monoisotopic (exact) mass is 1280 g/mol. The summed E-state index contributed by atoms with van der Waals surface area (Å²) < 4.78 is 48.8. The highest BCUT2D eigenvalue weighted by Crippen LogP contribution is 2.22. The molecule has 1 heterocycles. The molecule has 0 spiro atoms. The first-order chi connectivity index (χ1) is 41.1. The summed E-state index contributed by atoms with van der Waals surface area (Å²) in [6.07, 6.45) is -12.3. The average Bonchev–Trinajstić information content (AvgIpc) is 3.42. The van der Waals surface area contributed by atoms with Crippen molar-refractivity contribution < 1.29 is 116 Å². The predicted molar refractivity (Wildman–Crippen MR) is 312 cm³/mol. The summed E-state index contributed by atoms with van der Waals surface area (Å²) in [5.41, 5.74) is 5.11. The molecule has 0 saturated carbocycles. The highest BCUT2D eigenvalue weighted by Gasteiger charge is 2.48. The summed E-state index contributed by atoms with van der Waals surface area (Å²) >= 11 is 0. The van der Waals surface area contributed by atoms with Gasteiger partial charge < -0.3 is 106 Å². The summed E-state index contributed by atoms with van der Waals surface area (Å²) in [7, 11) is 0. The first-order valence-corrected chi connectivity index (χ1v) is 29.4. The van der Waals surface area contributed by atoms with Gasteiger partial charge in [-0.3, -0.25) is 52.7 Å². The minimum atomic E-state index is -2.15. The summed E-state index contributed by atoms with van der Waals surface area (Å²) in [5, 5.41) is 50.7. The van der Waals surface area contributed by atoms with E-state index in [1.54, 1.807) is 67.4 Å². The molecular formula is C57H99N9O23. The third-order valence-electron chi connectivity index (χ3n) is 11.8. The van der Waals surface area contributed by atoms with Crippen LogP contribution >= 0.6 is 0 Å². The van der Waals surface area contributed by atoms with Crippen LogP contribution in [0.15, 0.2) is 0 Å². The number of rotatable bonds is 38. The quantitative estimate of drug-likeness (QED) is 0.0125. The molecule has 0 aromatic heterocycles. The van der Waals surface area contributed by atoms with Gasteiger partial charge in [-0.2, -0.15) is 0 Å². The van der Waals surface area contributed by atoms with Crippen LogP contribution < -0.4 is 42.3 Å². The topological polar surface area (TPSA) is 452 Å². The van der Waals surface area contributed by atoms with Crippen molar-refractivity contribution in [1.82, 2.24) is 37.2 Å². The maximum Gasteiger partial charge on any atom is 0.308 e. The van der Waals surface area contributed by atoms with E-state index in [-0.39, 0.29) is 65.2 Å². The fraction of sp³-hybridized carbons (Fsp3) is 0.807. The highest BCUT2D eigenvalue weighted by atomic mass is 16.6. The number of amides is 7. The van der Waals surface area contributed by atoms with Gasteiger partial charge in [-0.1, -0.05) is 13.8 Å². The fourth-order valence-electron chi connectivity index (χ4n) is 7.79. The highest BCUT2D eigenvalue weighted by molar-refractivity contribution is 5.98. The van der Waals surface area contributed by atoms with Gasteiger partial charge in [0.25, 0.3) is 11.8 Å². The van der Waals surface area contributed by atoms with Crippen molar-refractivity contribution in [3.8, 4) is 0 Å². The van der Waals surface area contributed by atoms with Crippen LogP contribution in [0.1, 0.15) is 136 Å². The van der Waals surface area contributed by atoms with E-state index in [1.165, 1.54) is 41.5 Å². The first-order valence-electron chi connectivity index (χ1n) is 29.4. The van der Waals surface area contributed by atoms with Gasteiger partial charge in [-0.15, -0.1) is 0 Å². The Bertz CT molecular complexity index is 2330. The molecule has 7 amide bonds. The van der Waals surface area contributed by atoms with Crippen molar-refractivity contribution in [3.05, 3.63) is 5.53 Å². The number of carbonyl (C=O) groups is 11. The van der Waals surface area contributed by atoms with Gasteiger partial charge in [0, 0.05) is 19.5 Å². The summed E-state index contributed by atoms with van der Waals surface area (Å²) in [6.45, 7) is 24.4. The van der Waals surface area contributed by atoms with Gasteiger partial charge in [0.15, 0.2) is 6.10 Å². The average molecular weight is 1280 g/mol. The standard InChI is InChI=1S/C57H99N9O23/c1-32(2)43(52(79)64-35(28-41(70)88-56(10,11)12)50(77)62-33(3)48(75)59-19-21-82-23-25-84-27-26-83-24-22-81-20-18-40(69)87-55(7,8)9)66-49(76)34(16-17-39(68)86-54(4,5)6)63-51(78)36(29-42(71)89-57(13,14)15)65-53(80)47-46(74)45(73)44(72)37(85-47)30-60-38(67)31-61-58/h32-37,43-47,61,72-74H,16-31H2,1-15H3,(H,59,75)(H,60,67)(H,62,77)(H,63,78)(H,64,79)(H,65,80)(H,66,76)/t33-,34-,35-,36-,37?,43-,44?,45?,46?,47?/m0/s1. The smallest absolute Gasteiger partial charge is 0.308 e. The Morgan fingerprint density at radius 1 is 0.483 bits per heavy atom. The van der Waals surface area contributed by atoms with Crippen LogP contribution in [0.25, 0.3) is 5.53 Å². The molecule has 5 unspecified atom stereocenters. The van der Waals surface area contributed by atoms with E-state index in [4.69, 9.17) is 48.2 Å². The molecule has 0 bridgehead atoms. The van der Waals surface area contributed by atoms with Gasteiger partial charge in [-0.05, 0) is 102 Å². The normalized spacial score (nSPS) is 18.7. The number of hydrogen-bond donors (Lipinski definition) is 11. The van der Waals surface area contributed by atoms with Gasteiger partial charge in [0.05, 0.1) is 72.1 Å². The molecule has 11 N–H and O–H groups in total. The second kappa shape index (κ2) is 38.9. The second-order valence-corrected chi connectivity index (χ2v) is 25.1. The van der Waals surface area contributed by atoms with Crippen LogP contribution in [0.4, 0.5) is 0 Å². The number of aliphatic hydroxyl groups excluding tert-OH is 3. The van der Waals surface area contributed by atoms with E-state index in [9.17, 15) is 68.1 Å². The summed E-state index contributed by atoms with van der Waals surface area (Å²) in [5.74, 6) is -11.2. The molecule has 89 heavy (non-hydrogen) atoms. The maximum absolute atomic E-state index is 14.4. The lowest BCUT2D eigenvalue weighted by Gasteiger charge is -2.40. The number of carbonyl (C=O) groups excluding carboxylic acids is 11. The van der Waals surface area contributed by atoms with Crippen LogP contribution in [0, 0.1) is 5.92 Å². The molecule has 1 aliphatic heterocycles. The van der Waals surface area contributed by atoms with E-state index in [2.05, 4.69) is 37.2 Å². The molecule has 0 aliphatic carbocycles. The van der Waals surface area contributed by atoms with Gasteiger partial charge in [0.2, 0.25) is 36.1 Å².